The highest BCUT2D eigenvalue weighted by atomic mass is 15.2. The van der Waals surface area contributed by atoms with Crippen LogP contribution < -0.4 is 16.0 Å². The van der Waals surface area contributed by atoms with Crippen LogP contribution in [0.4, 0.5) is 11.6 Å². The Kier molecular flexibility index (Phi) is 4.69. The Morgan fingerprint density at radius 1 is 1.41 bits per heavy atom. The molecule has 0 spiro atoms. The largest absolute Gasteiger partial charge is 0.370 e. The lowest BCUT2D eigenvalue weighted by Gasteiger charge is -2.24. The van der Waals surface area contributed by atoms with Crippen molar-refractivity contribution in [2.75, 3.05) is 30.4 Å². The summed E-state index contributed by atoms with van der Waals surface area (Å²) in [7, 11) is 2.02. The molecule has 0 amide bonds. The first-order valence-electron chi connectivity index (χ1n) is 5.98. The third-order valence-electron chi connectivity index (χ3n) is 2.49. The zero-order valence-electron chi connectivity index (χ0n) is 11.2. The van der Waals surface area contributed by atoms with Gasteiger partial charge in [0.1, 0.15) is 18.0 Å². The standard InChI is InChI=1S/C12H23N5/c1-5-14-10-8-11(16-9-15-10)17(4)7-6-12(2,3)13/h8-9H,5-7,13H2,1-4H3,(H,14,15,16). The lowest BCUT2D eigenvalue weighted by molar-refractivity contribution is 0.478. The first-order valence-corrected chi connectivity index (χ1v) is 5.98. The predicted octanol–water partition coefficient (Wildman–Crippen LogP) is 1.47. The Bertz CT molecular complexity index is 345. The zero-order valence-corrected chi connectivity index (χ0v) is 11.2. The molecule has 0 bridgehead atoms. The minimum atomic E-state index is -0.147. The summed E-state index contributed by atoms with van der Waals surface area (Å²) in [6.07, 6.45) is 2.50. The molecule has 0 radical (unpaired) electrons. The number of nitrogens with one attached hydrogen (secondary N) is 1. The molecule has 17 heavy (non-hydrogen) atoms. The van der Waals surface area contributed by atoms with Crippen molar-refractivity contribution in [1.29, 1.82) is 0 Å². The molecule has 0 fully saturated rings. The summed E-state index contributed by atoms with van der Waals surface area (Å²) in [5.41, 5.74) is 5.82. The number of aromatic nitrogens is 2. The van der Waals surface area contributed by atoms with Gasteiger partial charge in [0.05, 0.1) is 0 Å². The smallest absolute Gasteiger partial charge is 0.133 e. The number of hydrogen-bond donors (Lipinski definition) is 2. The van der Waals surface area contributed by atoms with Gasteiger partial charge in [0.15, 0.2) is 0 Å². The number of hydrogen-bond acceptors (Lipinski definition) is 5. The molecule has 1 heterocycles. The number of rotatable bonds is 6. The Hall–Kier alpha value is -1.36. The van der Waals surface area contributed by atoms with Crippen LogP contribution in [-0.2, 0) is 0 Å². The maximum absolute atomic E-state index is 5.97. The van der Waals surface area contributed by atoms with E-state index in [9.17, 15) is 0 Å². The highest BCUT2D eigenvalue weighted by Crippen LogP contribution is 2.14. The minimum absolute atomic E-state index is 0.147. The Morgan fingerprint density at radius 3 is 2.71 bits per heavy atom. The van der Waals surface area contributed by atoms with Crippen LogP contribution in [0.5, 0.6) is 0 Å². The fourth-order valence-corrected chi connectivity index (χ4v) is 1.40. The Labute approximate surface area is 103 Å². The molecule has 0 saturated heterocycles. The highest BCUT2D eigenvalue weighted by molar-refractivity contribution is 5.47. The second-order valence-electron chi connectivity index (χ2n) is 4.95. The van der Waals surface area contributed by atoms with Crippen molar-refractivity contribution in [3.8, 4) is 0 Å². The minimum Gasteiger partial charge on any atom is -0.370 e. The topological polar surface area (TPSA) is 67.1 Å². The van der Waals surface area contributed by atoms with Crippen LogP contribution in [0.2, 0.25) is 0 Å². The van der Waals surface area contributed by atoms with Gasteiger partial charge in [-0.2, -0.15) is 0 Å². The van der Waals surface area contributed by atoms with Crippen LogP contribution in [-0.4, -0.2) is 35.6 Å². The van der Waals surface area contributed by atoms with Crippen molar-refractivity contribution < 1.29 is 0 Å². The van der Waals surface area contributed by atoms with Crippen molar-refractivity contribution >= 4 is 11.6 Å². The summed E-state index contributed by atoms with van der Waals surface area (Å²) in [6.45, 7) is 7.85. The molecule has 5 heteroatoms. The zero-order chi connectivity index (χ0) is 12.9. The Balaban J connectivity index is 2.62. The SMILES string of the molecule is CCNc1cc(N(C)CCC(C)(C)N)ncn1. The van der Waals surface area contributed by atoms with Crippen molar-refractivity contribution in [2.45, 2.75) is 32.7 Å². The van der Waals surface area contributed by atoms with E-state index in [1.54, 1.807) is 6.33 Å². The van der Waals surface area contributed by atoms with Crippen LogP contribution in [0.25, 0.3) is 0 Å². The second-order valence-corrected chi connectivity index (χ2v) is 4.95. The lowest BCUT2D eigenvalue weighted by atomic mass is 10.0. The quantitative estimate of drug-likeness (QED) is 0.784. The van der Waals surface area contributed by atoms with Gasteiger partial charge in [-0.15, -0.1) is 0 Å². The lowest BCUT2D eigenvalue weighted by Crippen LogP contribution is -2.36. The maximum Gasteiger partial charge on any atom is 0.133 e. The first kappa shape index (κ1) is 13.7. The fraction of sp³-hybridized carbons (Fsp3) is 0.667. The summed E-state index contributed by atoms with van der Waals surface area (Å²) >= 11 is 0. The van der Waals surface area contributed by atoms with E-state index in [4.69, 9.17) is 5.73 Å². The Morgan fingerprint density at radius 2 is 2.12 bits per heavy atom. The summed E-state index contributed by atoms with van der Waals surface area (Å²) < 4.78 is 0. The summed E-state index contributed by atoms with van der Waals surface area (Å²) in [5, 5.41) is 3.17. The van der Waals surface area contributed by atoms with Crippen molar-refractivity contribution in [2.24, 2.45) is 5.73 Å². The second kappa shape index (κ2) is 5.82. The third-order valence-corrected chi connectivity index (χ3v) is 2.49. The van der Waals surface area contributed by atoms with Crippen molar-refractivity contribution in [3.63, 3.8) is 0 Å². The molecule has 0 aliphatic heterocycles. The van der Waals surface area contributed by atoms with E-state index >= 15 is 0 Å². The predicted molar refractivity (Wildman–Crippen MR) is 72.3 cm³/mol. The monoisotopic (exact) mass is 237 g/mol. The van der Waals surface area contributed by atoms with E-state index in [1.165, 1.54) is 0 Å². The molecular weight excluding hydrogens is 214 g/mol. The third kappa shape index (κ3) is 4.99. The van der Waals surface area contributed by atoms with Crippen LogP contribution >= 0.6 is 0 Å². The van der Waals surface area contributed by atoms with E-state index in [2.05, 4.69) is 20.2 Å². The number of nitrogens with two attached hydrogens (primary N) is 1. The van der Waals surface area contributed by atoms with Gasteiger partial charge >= 0.3 is 0 Å². The van der Waals surface area contributed by atoms with Gasteiger partial charge in [0.25, 0.3) is 0 Å². The normalized spacial score (nSPS) is 11.4. The fourth-order valence-electron chi connectivity index (χ4n) is 1.40. The molecule has 0 saturated carbocycles. The van der Waals surface area contributed by atoms with Crippen LogP contribution in [0.15, 0.2) is 12.4 Å². The van der Waals surface area contributed by atoms with Gasteiger partial charge in [-0.1, -0.05) is 0 Å². The van der Waals surface area contributed by atoms with E-state index in [-0.39, 0.29) is 5.54 Å². The molecule has 1 aromatic heterocycles. The van der Waals surface area contributed by atoms with Gasteiger partial charge < -0.3 is 16.0 Å². The van der Waals surface area contributed by atoms with Crippen molar-refractivity contribution in [1.82, 2.24) is 9.97 Å². The molecule has 5 nitrogen and oxygen atoms in total. The first-order chi connectivity index (χ1) is 7.92. The van der Waals surface area contributed by atoms with E-state index in [0.29, 0.717) is 0 Å². The average molecular weight is 237 g/mol. The van der Waals surface area contributed by atoms with E-state index < -0.39 is 0 Å². The molecule has 0 aliphatic carbocycles. The van der Waals surface area contributed by atoms with Gasteiger partial charge in [-0.3, -0.25) is 0 Å². The number of anilines is 2. The van der Waals surface area contributed by atoms with Gasteiger partial charge in [0.2, 0.25) is 0 Å². The molecule has 0 aromatic carbocycles. The van der Waals surface area contributed by atoms with E-state index in [0.717, 1.165) is 31.1 Å². The summed E-state index contributed by atoms with van der Waals surface area (Å²) in [4.78, 5) is 10.5. The molecular formula is C12H23N5. The van der Waals surface area contributed by atoms with Gasteiger partial charge in [0, 0.05) is 31.7 Å². The molecule has 0 unspecified atom stereocenters. The molecule has 1 rings (SSSR count). The van der Waals surface area contributed by atoms with Gasteiger partial charge in [-0.25, -0.2) is 9.97 Å². The van der Waals surface area contributed by atoms with Crippen LogP contribution in [0, 0.1) is 0 Å². The molecule has 0 atom stereocenters. The van der Waals surface area contributed by atoms with Gasteiger partial charge in [-0.05, 0) is 27.2 Å². The molecule has 3 N–H and O–H groups in total. The summed E-state index contributed by atoms with van der Waals surface area (Å²) in [5.74, 6) is 1.77. The summed E-state index contributed by atoms with van der Waals surface area (Å²) in [6, 6.07) is 1.95. The molecule has 1 aromatic rings. The van der Waals surface area contributed by atoms with E-state index in [1.807, 2.05) is 33.9 Å². The van der Waals surface area contributed by atoms with Crippen molar-refractivity contribution in [3.05, 3.63) is 12.4 Å². The maximum atomic E-state index is 5.97. The van der Waals surface area contributed by atoms with Crippen LogP contribution in [0.1, 0.15) is 27.2 Å². The highest BCUT2D eigenvalue weighted by Gasteiger charge is 2.12. The average Bonchev–Trinajstić information content (AvgIpc) is 2.26. The molecule has 96 valence electrons. The molecule has 0 aliphatic rings. The van der Waals surface area contributed by atoms with Crippen LogP contribution in [0.3, 0.4) is 0 Å². The number of nitrogens with zero attached hydrogens (tertiary/aromatic N) is 3.